The van der Waals surface area contributed by atoms with Crippen LogP contribution in [0.15, 0.2) is 35.7 Å². The van der Waals surface area contributed by atoms with E-state index in [-0.39, 0.29) is 5.91 Å². The molecule has 0 atom stereocenters. The Labute approximate surface area is 155 Å². The van der Waals surface area contributed by atoms with Gasteiger partial charge in [0.05, 0.1) is 6.54 Å². The zero-order chi connectivity index (χ0) is 17.5. The molecule has 3 aromatic rings. The molecule has 26 heavy (non-hydrogen) atoms. The Hall–Kier alpha value is -2.54. The molecule has 1 amide bonds. The number of rotatable bonds is 3. The molecule has 5 rings (SSSR count). The fourth-order valence-corrected chi connectivity index (χ4v) is 4.08. The summed E-state index contributed by atoms with van der Waals surface area (Å²) in [4.78, 5) is 24.0. The largest absolute Gasteiger partial charge is 0.335 e. The van der Waals surface area contributed by atoms with Gasteiger partial charge in [0, 0.05) is 36.4 Å². The molecule has 0 saturated heterocycles. The second-order valence-corrected chi connectivity index (χ2v) is 7.69. The maximum Gasteiger partial charge on any atom is 0.273 e. The van der Waals surface area contributed by atoms with Gasteiger partial charge in [0.15, 0.2) is 5.82 Å². The Morgan fingerprint density at radius 1 is 1.08 bits per heavy atom. The van der Waals surface area contributed by atoms with Gasteiger partial charge in [-0.15, -0.1) is 11.3 Å². The maximum atomic E-state index is 12.9. The van der Waals surface area contributed by atoms with Crippen molar-refractivity contribution >= 4 is 17.2 Å². The lowest BCUT2D eigenvalue weighted by atomic mass is 10.2. The molecule has 0 spiro atoms. The van der Waals surface area contributed by atoms with E-state index in [0.29, 0.717) is 31.2 Å². The van der Waals surface area contributed by atoms with Crippen LogP contribution in [0.5, 0.6) is 0 Å². The summed E-state index contributed by atoms with van der Waals surface area (Å²) in [6.45, 7) is 2.02. The van der Waals surface area contributed by atoms with Crippen molar-refractivity contribution < 1.29 is 4.79 Å². The first-order chi connectivity index (χ1) is 12.8. The van der Waals surface area contributed by atoms with Gasteiger partial charge in [0.25, 0.3) is 5.91 Å². The van der Waals surface area contributed by atoms with Crippen LogP contribution in [0.3, 0.4) is 0 Å². The van der Waals surface area contributed by atoms with Gasteiger partial charge >= 0.3 is 0 Å². The molecule has 1 aliphatic heterocycles. The summed E-state index contributed by atoms with van der Waals surface area (Å²) in [5.41, 5.74) is 1.57. The minimum atomic E-state index is -0.00315. The van der Waals surface area contributed by atoms with Gasteiger partial charge in [-0.05, 0) is 12.8 Å². The van der Waals surface area contributed by atoms with Crippen LogP contribution in [0.4, 0.5) is 0 Å². The van der Waals surface area contributed by atoms with Gasteiger partial charge in [0.1, 0.15) is 16.5 Å². The number of fused-ring (bicyclic) bond motifs is 1. The van der Waals surface area contributed by atoms with Gasteiger partial charge in [0.2, 0.25) is 0 Å². The van der Waals surface area contributed by atoms with Crippen molar-refractivity contribution in [3.63, 3.8) is 0 Å². The predicted octanol–water partition coefficient (Wildman–Crippen LogP) is 2.98. The number of carbonyl (C=O) groups is 1. The Bertz CT molecular complexity index is 919. The minimum absolute atomic E-state index is 0.00315. The van der Waals surface area contributed by atoms with Crippen molar-refractivity contribution in [3.8, 4) is 10.6 Å². The second kappa shape index (κ2) is 6.32. The number of hydrogen-bond acceptors (Lipinski definition) is 5. The number of hydrogen-bond donors (Lipinski definition) is 0. The highest BCUT2D eigenvalue weighted by atomic mass is 32.1. The highest BCUT2D eigenvalue weighted by molar-refractivity contribution is 7.13. The Kier molecular flexibility index (Phi) is 3.81. The van der Waals surface area contributed by atoms with E-state index >= 15 is 0 Å². The molecule has 132 valence electrons. The average Bonchev–Trinajstić information content (AvgIpc) is 3.33. The fourth-order valence-electron chi connectivity index (χ4n) is 3.28. The second-order valence-electron chi connectivity index (χ2n) is 6.83. The number of carbonyl (C=O) groups excluding carboxylic acids is 1. The normalized spacial score (nSPS) is 17.0. The van der Waals surface area contributed by atoms with E-state index in [0.717, 1.165) is 28.6 Å². The number of thiazole rings is 1. The summed E-state index contributed by atoms with van der Waals surface area (Å²) >= 11 is 1.51. The van der Waals surface area contributed by atoms with Gasteiger partial charge in [-0.3, -0.25) is 4.79 Å². The number of aromatic nitrogens is 4. The van der Waals surface area contributed by atoms with Gasteiger partial charge in [-0.2, -0.15) is 5.10 Å². The molecule has 0 bridgehead atoms. The summed E-state index contributed by atoms with van der Waals surface area (Å²) in [5.74, 6) is 2.56. The van der Waals surface area contributed by atoms with Crippen molar-refractivity contribution in [2.45, 2.75) is 31.7 Å². The molecule has 1 fully saturated rings. The molecule has 6 nitrogen and oxygen atoms in total. The summed E-state index contributed by atoms with van der Waals surface area (Å²) in [6, 6.07) is 9.98. The quantitative estimate of drug-likeness (QED) is 0.716. The SMILES string of the molecule is O=C(c1csc(-c2ccccc2)n1)N1CCc2nc(C3CC3)nn2CC1. The predicted molar refractivity (Wildman–Crippen MR) is 99.2 cm³/mol. The molecule has 0 unspecified atom stereocenters. The zero-order valence-electron chi connectivity index (χ0n) is 14.3. The van der Waals surface area contributed by atoms with Crippen LogP contribution >= 0.6 is 11.3 Å². The van der Waals surface area contributed by atoms with Gasteiger partial charge < -0.3 is 4.90 Å². The van der Waals surface area contributed by atoms with E-state index in [1.165, 1.54) is 24.2 Å². The lowest BCUT2D eigenvalue weighted by molar-refractivity contribution is 0.0753. The lowest BCUT2D eigenvalue weighted by Gasteiger charge is -2.18. The van der Waals surface area contributed by atoms with Crippen LogP contribution in [0.2, 0.25) is 0 Å². The summed E-state index contributed by atoms with van der Waals surface area (Å²) in [6.07, 6.45) is 3.17. The van der Waals surface area contributed by atoms with Crippen LogP contribution in [-0.2, 0) is 13.0 Å². The van der Waals surface area contributed by atoms with Crippen LogP contribution in [-0.4, -0.2) is 43.6 Å². The van der Waals surface area contributed by atoms with E-state index in [1.807, 2.05) is 45.3 Å². The molecular formula is C19H19N5OS. The molecule has 0 N–H and O–H groups in total. The number of amides is 1. The molecule has 1 saturated carbocycles. The van der Waals surface area contributed by atoms with Crippen molar-refractivity contribution in [3.05, 3.63) is 53.1 Å². The average molecular weight is 365 g/mol. The van der Waals surface area contributed by atoms with Gasteiger partial charge in [-0.25, -0.2) is 14.6 Å². The first kappa shape index (κ1) is 15.7. The first-order valence-electron chi connectivity index (χ1n) is 9.02. The Morgan fingerprint density at radius 2 is 1.92 bits per heavy atom. The molecule has 3 heterocycles. The van der Waals surface area contributed by atoms with Crippen molar-refractivity contribution in [1.29, 1.82) is 0 Å². The molecule has 1 aromatic carbocycles. The van der Waals surface area contributed by atoms with Crippen LogP contribution in [0, 0.1) is 0 Å². The third-order valence-corrected chi connectivity index (χ3v) is 5.82. The number of nitrogens with zero attached hydrogens (tertiary/aromatic N) is 5. The van der Waals surface area contributed by atoms with Crippen LogP contribution in [0.25, 0.3) is 10.6 Å². The lowest BCUT2D eigenvalue weighted by Crippen LogP contribution is -2.34. The van der Waals surface area contributed by atoms with E-state index in [4.69, 9.17) is 0 Å². The molecule has 2 aliphatic rings. The van der Waals surface area contributed by atoms with E-state index < -0.39 is 0 Å². The van der Waals surface area contributed by atoms with Crippen LogP contribution < -0.4 is 0 Å². The molecule has 2 aromatic heterocycles. The van der Waals surface area contributed by atoms with Crippen LogP contribution in [0.1, 0.15) is 40.9 Å². The number of benzene rings is 1. The monoisotopic (exact) mass is 365 g/mol. The van der Waals surface area contributed by atoms with Crippen molar-refractivity contribution in [2.75, 3.05) is 13.1 Å². The zero-order valence-corrected chi connectivity index (χ0v) is 15.2. The third kappa shape index (κ3) is 2.92. The van der Waals surface area contributed by atoms with Gasteiger partial charge in [-0.1, -0.05) is 30.3 Å². The van der Waals surface area contributed by atoms with E-state index in [2.05, 4.69) is 15.1 Å². The van der Waals surface area contributed by atoms with E-state index in [1.54, 1.807) is 0 Å². The Balaban J connectivity index is 1.30. The molecular weight excluding hydrogens is 346 g/mol. The highest BCUT2D eigenvalue weighted by Gasteiger charge is 2.30. The summed E-state index contributed by atoms with van der Waals surface area (Å²) in [5, 5.41) is 7.38. The van der Waals surface area contributed by atoms with E-state index in [9.17, 15) is 4.79 Å². The Morgan fingerprint density at radius 3 is 2.73 bits per heavy atom. The topological polar surface area (TPSA) is 63.9 Å². The highest BCUT2D eigenvalue weighted by Crippen LogP contribution is 2.38. The van der Waals surface area contributed by atoms with Crippen molar-refractivity contribution in [1.82, 2.24) is 24.6 Å². The maximum absolute atomic E-state index is 12.9. The smallest absolute Gasteiger partial charge is 0.273 e. The van der Waals surface area contributed by atoms with Crippen molar-refractivity contribution in [2.24, 2.45) is 0 Å². The molecule has 0 radical (unpaired) electrons. The fraction of sp³-hybridized carbons (Fsp3) is 0.368. The summed E-state index contributed by atoms with van der Waals surface area (Å²) < 4.78 is 1.98. The standard InChI is InChI=1S/C19H19N5OS/c25-19(15-12-26-18(20-15)14-4-2-1-3-5-14)23-9-8-16-21-17(13-6-7-13)22-24(16)11-10-23/h1-5,12-13H,6-11H2. The first-order valence-corrected chi connectivity index (χ1v) is 9.90. The molecule has 7 heteroatoms. The minimum Gasteiger partial charge on any atom is -0.335 e. The summed E-state index contributed by atoms with van der Waals surface area (Å²) in [7, 11) is 0. The molecule has 1 aliphatic carbocycles. The third-order valence-electron chi connectivity index (χ3n) is 4.93.